The SMILES string of the molecule is CN1CCCC(Nc2nc(N3CCCC3)nc3c(O)c(-c4ccc(F)c5sc(NC(=O)OC(C)(C)C)c(C#N)c45)c4c(c23)COC4)C1=O. The van der Waals surface area contributed by atoms with E-state index < -0.39 is 23.6 Å². The van der Waals surface area contributed by atoms with E-state index in [4.69, 9.17) is 19.4 Å². The van der Waals surface area contributed by atoms with E-state index >= 15 is 4.39 Å². The summed E-state index contributed by atoms with van der Waals surface area (Å²) in [5.74, 6) is 0.0985. The number of thiophene rings is 1. The molecular weight excluding hydrogens is 637 g/mol. The number of nitrogens with zero attached hydrogens (tertiary/aromatic N) is 5. The van der Waals surface area contributed by atoms with Crippen LogP contribution in [0.5, 0.6) is 5.75 Å². The maximum atomic E-state index is 15.4. The number of likely N-dealkylation sites (tertiary alicyclic amines) is 1. The van der Waals surface area contributed by atoms with E-state index in [9.17, 15) is 20.0 Å². The molecule has 0 spiro atoms. The number of benzene rings is 2. The van der Waals surface area contributed by atoms with Crippen LogP contribution >= 0.6 is 11.3 Å². The summed E-state index contributed by atoms with van der Waals surface area (Å²) in [6.45, 7) is 7.69. The molecule has 4 aromatic rings. The van der Waals surface area contributed by atoms with E-state index in [1.54, 1.807) is 32.7 Å². The standard InChI is InChI=1S/C34H36FN7O5S/c1-34(2,3)47-33(45)40-30-18(14-36)24-17(9-10-21(35)28(24)48-30)23-19-15-46-16-20(19)25-26(27(23)43)38-32(42-12-5-6-13-42)39-29(25)37-22-8-7-11-41(4)31(22)44/h9-10,22,43H,5-8,11-13,15-16H2,1-4H3,(H,40,45)(H,37,38,39). The average Bonchev–Trinajstić information content (AvgIpc) is 3.80. The zero-order valence-electron chi connectivity index (χ0n) is 27.2. The molecule has 2 amide bonds. The van der Waals surface area contributed by atoms with Crippen LogP contribution in [-0.2, 0) is 27.5 Å². The predicted molar refractivity (Wildman–Crippen MR) is 181 cm³/mol. The van der Waals surface area contributed by atoms with Gasteiger partial charge >= 0.3 is 6.09 Å². The molecule has 3 N–H and O–H groups in total. The molecule has 0 aliphatic carbocycles. The first kappa shape index (κ1) is 31.8. The van der Waals surface area contributed by atoms with Gasteiger partial charge in [0.25, 0.3) is 0 Å². The summed E-state index contributed by atoms with van der Waals surface area (Å²) in [6.07, 6.45) is 2.66. The van der Waals surface area contributed by atoms with Gasteiger partial charge in [0.05, 0.1) is 28.9 Å². The number of amides is 2. The quantitative estimate of drug-likeness (QED) is 0.222. The Hall–Kier alpha value is -4.74. The van der Waals surface area contributed by atoms with Crippen molar-refractivity contribution in [1.82, 2.24) is 14.9 Å². The highest BCUT2D eigenvalue weighted by molar-refractivity contribution is 7.23. The molecule has 14 heteroatoms. The van der Waals surface area contributed by atoms with Crippen molar-refractivity contribution in [1.29, 1.82) is 5.26 Å². The lowest BCUT2D eigenvalue weighted by Crippen LogP contribution is -2.45. The van der Waals surface area contributed by atoms with Crippen molar-refractivity contribution in [3.05, 3.63) is 34.6 Å². The van der Waals surface area contributed by atoms with E-state index in [0.29, 0.717) is 46.8 Å². The van der Waals surface area contributed by atoms with Gasteiger partial charge in [-0.3, -0.25) is 10.1 Å². The maximum absolute atomic E-state index is 15.4. The Kier molecular flexibility index (Phi) is 7.99. The number of halogens is 1. The lowest BCUT2D eigenvalue weighted by molar-refractivity contribution is -0.132. The number of hydrogen-bond donors (Lipinski definition) is 3. The van der Waals surface area contributed by atoms with Crippen molar-refractivity contribution in [3.63, 3.8) is 0 Å². The molecule has 7 rings (SSSR count). The Labute approximate surface area is 280 Å². The number of carbonyl (C=O) groups is 2. The van der Waals surface area contributed by atoms with Crippen LogP contribution in [0.15, 0.2) is 12.1 Å². The van der Waals surface area contributed by atoms with Gasteiger partial charge in [0.1, 0.15) is 45.6 Å². The van der Waals surface area contributed by atoms with Gasteiger partial charge in [-0.25, -0.2) is 14.2 Å². The van der Waals surface area contributed by atoms with Gasteiger partial charge in [-0.1, -0.05) is 6.07 Å². The number of phenols is 1. The normalized spacial score (nSPS) is 18.0. The minimum atomic E-state index is -0.787. The molecule has 3 aliphatic rings. The molecule has 3 aliphatic heterocycles. The summed E-state index contributed by atoms with van der Waals surface area (Å²) in [5, 5.41) is 29.5. The fourth-order valence-electron chi connectivity index (χ4n) is 6.80. The van der Waals surface area contributed by atoms with E-state index in [-0.39, 0.29) is 51.0 Å². The summed E-state index contributed by atoms with van der Waals surface area (Å²) in [4.78, 5) is 39.4. The fourth-order valence-corrected chi connectivity index (χ4v) is 7.87. The minimum absolute atomic E-state index is 0.0320. The Morgan fingerprint density at radius 3 is 2.62 bits per heavy atom. The Balaban J connectivity index is 1.45. The number of likely N-dealkylation sites (N-methyl/N-ethyl adjacent to an activating group) is 1. The molecule has 2 fully saturated rings. The number of fused-ring (bicyclic) bond motifs is 4. The highest BCUT2D eigenvalue weighted by Crippen LogP contribution is 2.50. The molecule has 0 radical (unpaired) electrons. The Morgan fingerprint density at radius 1 is 1.15 bits per heavy atom. The predicted octanol–water partition coefficient (Wildman–Crippen LogP) is 6.24. The van der Waals surface area contributed by atoms with Gasteiger partial charge in [0.2, 0.25) is 11.9 Å². The number of ether oxygens (including phenoxy) is 2. The third-order valence-electron chi connectivity index (χ3n) is 8.97. The molecule has 0 saturated carbocycles. The van der Waals surface area contributed by atoms with Crippen molar-refractivity contribution >= 4 is 61.1 Å². The minimum Gasteiger partial charge on any atom is -0.505 e. The number of anilines is 3. The number of aromatic hydroxyl groups is 1. The average molecular weight is 674 g/mol. The number of piperidine rings is 1. The van der Waals surface area contributed by atoms with Crippen LogP contribution in [0.3, 0.4) is 0 Å². The third-order valence-corrected chi connectivity index (χ3v) is 10.1. The van der Waals surface area contributed by atoms with Crippen LogP contribution in [0.1, 0.15) is 63.1 Å². The fraction of sp³-hybridized carbons (Fsp3) is 0.441. The van der Waals surface area contributed by atoms with Gasteiger partial charge in [0, 0.05) is 37.6 Å². The number of carbonyl (C=O) groups excluding carboxylic acids is 2. The van der Waals surface area contributed by atoms with E-state index in [1.165, 1.54) is 12.1 Å². The number of nitrogens with one attached hydrogen (secondary N) is 2. The second-order valence-corrected chi connectivity index (χ2v) is 14.4. The largest absolute Gasteiger partial charge is 0.505 e. The number of nitriles is 1. The van der Waals surface area contributed by atoms with Crippen LogP contribution in [0.4, 0.5) is 26.0 Å². The van der Waals surface area contributed by atoms with Gasteiger partial charge in [-0.05, 0) is 69.2 Å². The van der Waals surface area contributed by atoms with Gasteiger partial charge in [-0.15, -0.1) is 11.3 Å². The van der Waals surface area contributed by atoms with Crippen molar-refractivity contribution < 1.29 is 28.6 Å². The first-order valence-corrected chi connectivity index (χ1v) is 16.8. The van der Waals surface area contributed by atoms with Crippen LogP contribution in [0, 0.1) is 17.1 Å². The molecule has 2 aromatic carbocycles. The molecule has 2 saturated heterocycles. The molecule has 12 nitrogen and oxygen atoms in total. The summed E-state index contributed by atoms with van der Waals surface area (Å²) in [7, 11) is 1.78. The zero-order chi connectivity index (χ0) is 33.9. The third kappa shape index (κ3) is 5.50. The van der Waals surface area contributed by atoms with Gasteiger partial charge in [0.15, 0.2) is 0 Å². The first-order chi connectivity index (χ1) is 22.9. The van der Waals surface area contributed by atoms with Crippen LogP contribution < -0.4 is 15.5 Å². The summed E-state index contributed by atoms with van der Waals surface area (Å²) in [5.41, 5.74) is 1.68. The monoisotopic (exact) mass is 673 g/mol. The highest BCUT2D eigenvalue weighted by atomic mass is 32.1. The summed E-state index contributed by atoms with van der Waals surface area (Å²) >= 11 is 0.922. The van der Waals surface area contributed by atoms with Crippen molar-refractivity contribution in [3.8, 4) is 22.9 Å². The summed E-state index contributed by atoms with van der Waals surface area (Å²) < 4.78 is 26.9. The second-order valence-electron chi connectivity index (χ2n) is 13.4. The molecule has 2 aromatic heterocycles. The number of phenolic OH excluding ortho intramolecular Hbond substituents is 1. The van der Waals surface area contributed by atoms with Gasteiger partial charge in [-0.2, -0.15) is 10.2 Å². The lowest BCUT2D eigenvalue weighted by Gasteiger charge is -2.30. The smallest absolute Gasteiger partial charge is 0.412 e. The molecule has 1 atom stereocenters. The molecular formula is C34H36FN7O5S. The van der Waals surface area contributed by atoms with E-state index in [2.05, 4.69) is 21.6 Å². The van der Waals surface area contributed by atoms with Crippen LogP contribution in [0.2, 0.25) is 0 Å². The Morgan fingerprint density at radius 2 is 1.90 bits per heavy atom. The summed E-state index contributed by atoms with van der Waals surface area (Å²) in [6, 6.07) is 4.46. The van der Waals surface area contributed by atoms with Crippen molar-refractivity contribution in [2.75, 3.05) is 42.2 Å². The molecule has 5 heterocycles. The van der Waals surface area contributed by atoms with Gasteiger partial charge < -0.3 is 29.7 Å². The zero-order valence-corrected chi connectivity index (χ0v) is 28.0. The molecule has 250 valence electrons. The number of hydrogen-bond acceptors (Lipinski definition) is 11. The topological polar surface area (TPSA) is 153 Å². The van der Waals surface area contributed by atoms with E-state index in [0.717, 1.165) is 49.3 Å². The number of rotatable bonds is 5. The Bertz CT molecular complexity index is 2030. The molecule has 48 heavy (non-hydrogen) atoms. The molecule has 1 unspecified atom stereocenters. The maximum Gasteiger partial charge on any atom is 0.412 e. The first-order valence-electron chi connectivity index (χ1n) is 16.0. The van der Waals surface area contributed by atoms with E-state index in [1.807, 2.05) is 0 Å². The van der Waals surface area contributed by atoms with Crippen molar-refractivity contribution in [2.45, 2.75) is 71.3 Å². The second kappa shape index (κ2) is 12.1. The highest BCUT2D eigenvalue weighted by Gasteiger charge is 2.34. The van der Waals surface area contributed by atoms with Crippen LogP contribution in [-0.4, -0.2) is 70.3 Å². The molecule has 0 bridgehead atoms. The number of aromatic nitrogens is 2. The van der Waals surface area contributed by atoms with Crippen LogP contribution in [0.25, 0.3) is 32.1 Å². The van der Waals surface area contributed by atoms with Crippen molar-refractivity contribution in [2.24, 2.45) is 0 Å². The lowest BCUT2D eigenvalue weighted by atomic mass is 9.90.